The van der Waals surface area contributed by atoms with Crippen molar-refractivity contribution in [3.8, 4) is 11.3 Å². The molecule has 0 radical (unpaired) electrons. The summed E-state index contributed by atoms with van der Waals surface area (Å²) in [5.41, 5.74) is 5.41. The van der Waals surface area contributed by atoms with Crippen molar-refractivity contribution < 1.29 is 13.2 Å². The standard InChI is InChI=1S/C21H21N3O3S2/c1-24(29(2,26)27)18-10-8-15(9-11-18)19-13-28-21(22-19)23-20(25)17-7-6-14-4-3-5-16(14)12-17/h6-13H,3-5H2,1-2H3,(H,22,23,25). The second kappa shape index (κ2) is 7.61. The van der Waals surface area contributed by atoms with Gasteiger partial charge in [0.05, 0.1) is 17.6 Å². The van der Waals surface area contributed by atoms with Crippen LogP contribution in [0.2, 0.25) is 0 Å². The first-order chi connectivity index (χ1) is 13.8. The van der Waals surface area contributed by atoms with E-state index in [4.69, 9.17) is 0 Å². The fourth-order valence-electron chi connectivity index (χ4n) is 3.38. The fourth-order valence-corrected chi connectivity index (χ4v) is 4.60. The number of thiazole rings is 1. The topological polar surface area (TPSA) is 79.4 Å². The highest BCUT2D eigenvalue weighted by atomic mass is 32.2. The number of anilines is 2. The van der Waals surface area contributed by atoms with Gasteiger partial charge in [-0.3, -0.25) is 14.4 Å². The summed E-state index contributed by atoms with van der Waals surface area (Å²) in [6.45, 7) is 0. The molecule has 0 spiro atoms. The second-order valence-corrected chi connectivity index (χ2v) is 9.98. The molecule has 1 N–H and O–H groups in total. The highest BCUT2D eigenvalue weighted by Crippen LogP contribution is 2.28. The van der Waals surface area contributed by atoms with Gasteiger partial charge in [0.15, 0.2) is 5.13 Å². The van der Waals surface area contributed by atoms with Crippen LogP contribution in [0.4, 0.5) is 10.8 Å². The second-order valence-electron chi connectivity index (χ2n) is 7.11. The Kier molecular flexibility index (Phi) is 5.14. The zero-order valence-corrected chi connectivity index (χ0v) is 17.8. The third kappa shape index (κ3) is 4.18. The first-order valence-corrected chi connectivity index (χ1v) is 12.0. The molecule has 8 heteroatoms. The van der Waals surface area contributed by atoms with Crippen LogP contribution in [0, 0.1) is 0 Å². The van der Waals surface area contributed by atoms with Crippen molar-refractivity contribution in [1.82, 2.24) is 4.98 Å². The van der Waals surface area contributed by atoms with Crippen LogP contribution in [0.1, 0.15) is 27.9 Å². The third-order valence-electron chi connectivity index (χ3n) is 5.11. The SMILES string of the molecule is CN(c1ccc(-c2csc(NC(=O)c3ccc4c(c3)CCC4)n2)cc1)S(C)(=O)=O. The van der Waals surface area contributed by atoms with E-state index in [0.29, 0.717) is 16.4 Å². The molecule has 1 aliphatic rings. The monoisotopic (exact) mass is 427 g/mol. The molecular formula is C21H21N3O3S2. The summed E-state index contributed by atoms with van der Waals surface area (Å²) in [5, 5.41) is 5.27. The van der Waals surface area contributed by atoms with Crippen LogP contribution in [0.3, 0.4) is 0 Å². The Morgan fingerprint density at radius 2 is 1.83 bits per heavy atom. The summed E-state index contributed by atoms with van der Waals surface area (Å²) in [5.74, 6) is -0.161. The summed E-state index contributed by atoms with van der Waals surface area (Å²) in [7, 11) is -1.79. The van der Waals surface area contributed by atoms with E-state index >= 15 is 0 Å². The number of hydrogen-bond acceptors (Lipinski definition) is 5. The lowest BCUT2D eigenvalue weighted by atomic mass is 10.1. The Morgan fingerprint density at radius 3 is 2.55 bits per heavy atom. The number of nitrogens with zero attached hydrogens (tertiary/aromatic N) is 2. The number of sulfonamides is 1. The molecular weight excluding hydrogens is 406 g/mol. The lowest BCUT2D eigenvalue weighted by molar-refractivity contribution is 0.102. The van der Waals surface area contributed by atoms with Crippen molar-refractivity contribution in [2.45, 2.75) is 19.3 Å². The Labute approximate surface area is 174 Å². The van der Waals surface area contributed by atoms with Crippen molar-refractivity contribution in [2.75, 3.05) is 22.9 Å². The van der Waals surface area contributed by atoms with E-state index in [-0.39, 0.29) is 5.91 Å². The van der Waals surface area contributed by atoms with Gasteiger partial charge in [-0.15, -0.1) is 11.3 Å². The average molecular weight is 428 g/mol. The van der Waals surface area contributed by atoms with Crippen molar-refractivity contribution >= 4 is 38.1 Å². The summed E-state index contributed by atoms with van der Waals surface area (Å²) >= 11 is 1.36. The number of rotatable bonds is 5. The van der Waals surface area contributed by atoms with Crippen LogP contribution >= 0.6 is 11.3 Å². The van der Waals surface area contributed by atoms with E-state index in [1.807, 2.05) is 35.7 Å². The molecule has 0 saturated heterocycles. The summed E-state index contributed by atoms with van der Waals surface area (Å²) < 4.78 is 24.5. The molecule has 0 aliphatic heterocycles. The Bertz CT molecular complexity index is 1170. The normalized spacial score (nSPS) is 13.2. The van der Waals surface area contributed by atoms with Crippen molar-refractivity contribution in [1.29, 1.82) is 0 Å². The minimum Gasteiger partial charge on any atom is -0.298 e. The Balaban J connectivity index is 1.48. The number of carbonyl (C=O) groups is 1. The quantitative estimate of drug-likeness (QED) is 0.669. The molecule has 1 amide bonds. The summed E-state index contributed by atoms with van der Waals surface area (Å²) in [4.78, 5) is 17.1. The lowest BCUT2D eigenvalue weighted by Crippen LogP contribution is -2.24. The van der Waals surface area contributed by atoms with E-state index in [2.05, 4.69) is 10.3 Å². The van der Waals surface area contributed by atoms with Gasteiger partial charge in [-0.25, -0.2) is 13.4 Å². The van der Waals surface area contributed by atoms with Crippen molar-refractivity contribution in [3.05, 3.63) is 64.5 Å². The number of hydrogen-bond donors (Lipinski definition) is 1. The van der Waals surface area contributed by atoms with Gasteiger partial charge in [0.25, 0.3) is 5.91 Å². The molecule has 0 saturated carbocycles. The molecule has 3 aromatic rings. The molecule has 29 heavy (non-hydrogen) atoms. The minimum absolute atomic E-state index is 0.161. The molecule has 0 bridgehead atoms. The van der Waals surface area contributed by atoms with E-state index in [1.54, 1.807) is 12.1 Å². The smallest absolute Gasteiger partial charge is 0.257 e. The zero-order valence-electron chi connectivity index (χ0n) is 16.2. The fraction of sp³-hybridized carbons (Fsp3) is 0.238. The van der Waals surface area contributed by atoms with Gasteiger partial charge >= 0.3 is 0 Å². The summed E-state index contributed by atoms with van der Waals surface area (Å²) in [6.07, 6.45) is 4.43. The van der Waals surface area contributed by atoms with Gasteiger partial charge in [0.1, 0.15) is 0 Å². The van der Waals surface area contributed by atoms with Crippen LogP contribution in [0.25, 0.3) is 11.3 Å². The van der Waals surface area contributed by atoms with E-state index in [1.165, 1.54) is 33.8 Å². The highest BCUT2D eigenvalue weighted by molar-refractivity contribution is 7.92. The first-order valence-electron chi connectivity index (χ1n) is 9.24. The van der Waals surface area contributed by atoms with Gasteiger partial charge in [-0.1, -0.05) is 18.2 Å². The molecule has 1 heterocycles. The molecule has 0 unspecified atom stereocenters. The molecule has 2 aromatic carbocycles. The highest BCUT2D eigenvalue weighted by Gasteiger charge is 2.16. The predicted octanol–water partition coefficient (Wildman–Crippen LogP) is 3.95. The molecule has 150 valence electrons. The van der Waals surface area contributed by atoms with Crippen molar-refractivity contribution in [3.63, 3.8) is 0 Å². The number of aromatic nitrogens is 1. The van der Waals surface area contributed by atoms with E-state index in [9.17, 15) is 13.2 Å². The zero-order chi connectivity index (χ0) is 20.6. The average Bonchev–Trinajstić information content (AvgIpc) is 3.35. The first kappa shape index (κ1) is 19.6. The number of amides is 1. The van der Waals surface area contributed by atoms with Crippen LogP contribution in [-0.2, 0) is 22.9 Å². The van der Waals surface area contributed by atoms with Gasteiger partial charge in [-0.05, 0) is 54.7 Å². The van der Waals surface area contributed by atoms with Crippen LogP contribution in [0.5, 0.6) is 0 Å². The largest absolute Gasteiger partial charge is 0.298 e. The molecule has 0 fully saturated rings. The van der Waals surface area contributed by atoms with Crippen LogP contribution < -0.4 is 9.62 Å². The van der Waals surface area contributed by atoms with Crippen LogP contribution in [-0.4, -0.2) is 32.6 Å². The van der Waals surface area contributed by atoms with E-state index < -0.39 is 10.0 Å². The van der Waals surface area contributed by atoms with Gasteiger partial charge < -0.3 is 0 Å². The van der Waals surface area contributed by atoms with Gasteiger partial charge in [0, 0.05) is 23.6 Å². The number of carbonyl (C=O) groups excluding carboxylic acids is 1. The van der Waals surface area contributed by atoms with Gasteiger partial charge in [0.2, 0.25) is 10.0 Å². The molecule has 6 nitrogen and oxygen atoms in total. The summed E-state index contributed by atoms with van der Waals surface area (Å²) in [6, 6.07) is 13.0. The third-order valence-corrected chi connectivity index (χ3v) is 7.07. The number of aryl methyl sites for hydroxylation is 2. The molecule has 1 aromatic heterocycles. The maximum Gasteiger partial charge on any atom is 0.257 e. The minimum atomic E-state index is -3.30. The Hall–Kier alpha value is -2.71. The maximum absolute atomic E-state index is 12.6. The van der Waals surface area contributed by atoms with Gasteiger partial charge in [-0.2, -0.15) is 0 Å². The Morgan fingerprint density at radius 1 is 1.10 bits per heavy atom. The predicted molar refractivity (Wildman–Crippen MR) is 117 cm³/mol. The molecule has 4 rings (SSSR count). The number of nitrogens with one attached hydrogen (secondary N) is 1. The molecule has 1 aliphatic carbocycles. The molecule has 0 atom stereocenters. The van der Waals surface area contributed by atoms with E-state index in [0.717, 1.165) is 36.8 Å². The number of fused-ring (bicyclic) bond motifs is 1. The van der Waals surface area contributed by atoms with Crippen LogP contribution in [0.15, 0.2) is 47.8 Å². The maximum atomic E-state index is 12.6. The lowest BCUT2D eigenvalue weighted by Gasteiger charge is -2.16. The number of benzene rings is 2. The van der Waals surface area contributed by atoms with Crippen molar-refractivity contribution in [2.24, 2.45) is 0 Å².